The Labute approximate surface area is 107 Å². The van der Waals surface area contributed by atoms with E-state index in [1.807, 2.05) is 24.3 Å². The minimum Gasteiger partial charge on any atom is -0.496 e. The molecule has 0 bridgehead atoms. The Hall–Kier alpha value is -2.03. The summed E-state index contributed by atoms with van der Waals surface area (Å²) in [6.07, 6.45) is 6.08. The number of benzene rings is 1. The van der Waals surface area contributed by atoms with Crippen molar-refractivity contribution in [2.24, 2.45) is 0 Å². The number of rotatable bonds is 5. The van der Waals surface area contributed by atoms with Crippen LogP contribution in [0.3, 0.4) is 0 Å². The molecule has 0 spiro atoms. The van der Waals surface area contributed by atoms with Gasteiger partial charge in [0.25, 0.3) is 0 Å². The largest absolute Gasteiger partial charge is 0.496 e. The Morgan fingerprint density at radius 3 is 2.61 bits per heavy atom. The van der Waals surface area contributed by atoms with Crippen molar-refractivity contribution in [3.05, 3.63) is 47.6 Å². The van der Waals surface area contributed by atoms with E-state index in [2.05, 4.69) is 13.8 Å². The third-order valence-electron chi connectivity index (χ3n) is 2.55. The van der Waals surface area contributed by atoms with Crippen LogP contribution in [0.1, 0.15) is 30.9 Å². The maximum atomic E-state index is 10.3. The average molecular weight is 246 g/mol. The Balaban J connectivity index is 2.92. The van der Waals surface area contributed by atoms with Gasteiger partial charge in [0.15, 0.2) is 0 Å². The van der Waals surface area contributed by atoms with Gasteiger partial charge in [0.2, 0.25) is 0 Å². The summed E-state index contributed by atoms with van der Waals surface area (Å²) >= 11 is 0. The Morgan fingerprint density at radius 1 is 1.33 bits per heavy atom. The van der Waals surface area contributed by atoms with E-state index in [1.54, 1.807) is 13.2 Å². The van der Waals surface area contributed by atoms with E-state index < -0.39 is 5.97 Å². The van der Waals surface area contributed by atoms with Gasteiger partial charge in [-0.25, -0.2) is 4.79 Å². The van der Waals surface area contributed by atoms with E-state index in [0.717, 1.165) is 17.4 Å². The molecule has 3 nitrogen and oxygen atoms in total. The third kappa shape index (κ3) is 4.09. The van der Waals surface area contributed by atoms with Crippen LogP contribution in [0.25, 0.3) is 6.08 Å². The molecule has 18 heavy (non-hydrogen) atoms. The minimum atomic E-state index is -0.957. The summed E-state index contributed by atoms with van der Waals surface area (Å²) in [5, 5.41) is 8.46. The molecule has 1 aromatic carbocycles. The van der Waals surface area contributed by atoms with Gasteiger partial charge in [0.05, 0.1) is 7.11 Å². The molecule has 0 aliphatic rings. The fraction of sp³-hybridized carbons (Fsp3) is 0.267. The number of carbonyl (C=O) groups is 1. The first-order valence-electron chi connectivity index (χ1n) is 5.80. The van der Waals surface area contributed by atoms with Gasteiger partial charge in [0, 0.05) is 11.6 Å². The number of aliphatic carboxylic acids is 1. The molecule has 0 radical (unpaired) electrons. The molecule has 0 fully saturated rings. The molecule has 0 aromatic heterocycles. The highest BCUT2D eigenvalue weighted by Crippen LogP contribution is 2.25. The number of carboxylic acids is 1. The molecule has 0 saturated carbocycles. The number of methoxy groups -OCH3 is 1. The second kappa shape index (κ2) is 6.64. The van der Waals surface area contributed by atoms with Gasteiger partial charge in [-0.3, -0.25) is 0 Å². The summed E-state index contributed by atoms with van der Waals surface area (Å²) in [7, 11) is 1.63. The van der Waals surface area contributed by atoms with E-state index in [0.29, 0.717) is 5.92 Å². The van der Waals surface area contributed by atoms with E-state index in [4.69, 9.17) is 9.84 Å². The monoisotopic (exact) mass is 246 g/mol. The second-order valence-electron chi connectivity index (χ2n) is 4.21. The summed E-state index contributed by atoms with van der Waals surface area (Å²) in [5.41, 5.74) is 2.14. The van der Waals surface area contributed by atoms with Crippen LogP contribution in [-0.2, 0) is 4.79 Å². The predicted octanol–water partition coefficient (Wildman–Crippen LogP) is 3.47. The number of hydrogen-bond donors (Lipinski definition) is 1. The second-order valence-corrected chi connectivity index (χ2v) is 4.21. The highest BCUT2D eigenvalue weighted by Gasteiger charge is 2.04. The Kier molecular flexibility index (Phi) is 5.18. The molecule has 1 rings (SSSR count). The quantitative estimate of drug-likeness (QED) is 0.639. The molecule has 0 saturated heterocycles. The van der Waals surface area contributed by atoms with Crippen molar-refractivity contribution in [3.8, 4) is 5.75 Å². The van der Waals surface area contributed by atoms with Gasteiger partial charge < -0.3 is 9.84 Å². The average Bonchev–Trinajstić information content (AvgIpc) is 2.34. The van der Waals surface area contributed by atoms with Gasteiger partial charge in [-0.1, -0.05) is 44.2 Å². The molecular formula is C15H18O3. The standard InChI is InChI=1S/C15H18O3/c1-11(2)13-9-8-12(14(10-13)18-3)6-4-5-7-15(16)17/h4-11H,1-3H3,(H,16,17)/b6-4+,7-5+. The van der Waals surface area contributed by atoms with Crippen molar-refractivity contribution in [2.45, 2.75) is 19.8 Å². The summed E-state index contributed by atoms with van der Waals surface area (Å²) in [6.45, 7) is 4.25. The van der Waals surface area contributed by atoms with Gasteiger partial charge in [-0.15, -0.1) is 0 Å². The maximum Gasteiger partial charge on any atom is 0.328 e. The zero-order chi connectivity index (χ0) is 13.5. The van der Waals surface area contributed by atoms with Crippen molar-refractivity contribution >= 4 is 12.0 Å². The lowest BCUT2D eigenvalue weighted by Crippen LogP contribution is -1.92. The first-order valence-corrected chi connectivity index (χ1v) is 5.80. The fourth-order valence-electron chi connectivity index (χ4n) is 1.52. The van der Waals surface area contributed by atoms with Crippen molar-refractivity contribution in [1.82, 2.24) is 0 Å². The lowest BCUT2D eigenvalue weighted by Gasteiger charge is -2.10. The lowest BCUT2D eigenvalue weighted by atomic mass is 10.0. The number of carboxylic acid groups (broad SMARTS) is 1. The topological polar surface area (TPSA) is 46.5 Å². The Morgan fingerprint density at radius 2 is 2.06 bits per heavy atom. The Bertz CT molecular complexity index is 471. The van der Waals surface area contributed by atoms with Crippen molar-refractivity contribution < 1.29 is 14.6 Å². The molecule has 1 aromatic rings. The minimum absolute atomic E-state index is 0.448. The third-order valence-corrected chi connectivity index (χ3v) is 2.55. The van der Waals surface area contributed by atoms with E-state index in [1.165, 1.54) is 11.6 Å². The molecule has 0 aliphatic heterocycles. The van der Waals surface area contributed by atoms with Crippen LogP contribution in [0.2, 0.25) is 0 Å². The smallest absolute Gasteiger partial charge is 0.328 e. The molecule has 1 N–H and O–H groups in total. The summed E-state index contributed by atoms with van der Waals surface area (Å²) < 4.78 is 5.32. The molecular weight excluding hydrogens is 228 g/mol. The van der Waals surface area contributed by atoms with Crippen LogP contribution in [0.5, 0.6) is 5.75 Å². The SMILES string of the molecule is COc1cc(C(C)C)ccc1/C=C/C=C/C(=O)O. The zero-order valence-electron chi connectivity index (χ0n) is 10.9. The van der Waals surface area contributed by atoms with Crippen LogP contribution < -0.4 is 4.74 Å². The maximum absolute atomic E-state index is 10.3. The first-order chi connectivity index (χ1) is 8.54. The fourth-order valence-corrected chi connectivity index (χ4v) is 1.52. The van der Waals surface area contributed by atoms with Crippen LogP contribution >= 0.6 is 0 Å². The van der Waals surface area contributed by atoms with Gasteiger partial charge in [-0.2, -0.15) is 0 Å². The van der Waals surface area contributed by atoms with Crippen LogP contribution in [0, 0.1) is 0 Å². The van der Waals surface area contributed by atoms with Crippen LogP contribution in [0.4, 0.5) is 0 Å². The molecule has 96 valence electrons. The van der Waals surface area contributed by atoms with E-state index >= 15 is 0 Å². The summed E-state index contributed by atoms with van der Waals surface area (Å²) in [5.74, 6) is 0.284. The predicted molar refractivity (Wildman–Crippen MR) is 72.9 cm³/mol. The van der Waals surface area contributed by atoms with Gasteiger partial charge >= 0.3 is 5.97 Å². The highest BCUT2D eigenvalue weighted by molar-refractivity contribution is 5.80. The highest BCUT2D eigenvalue weighted by atomic mass is 16.5. The molecule has 0 amide bonds. The molecule has 0 atom stereocenters. The van der Waals surface area contributed by atoms with E-state index in [-0.39, 0.29) is 0 Å². The molecule has 0 aliphatic carbocycles. The van der Waals surface area contributed by atoms with Crippen LogP contribution in [-0.4, -0.2) is 18.2 Å². The number of hydrogen-bond acceptors (Lipinski definition) is 2. The molecule has 3 heteroatoms. The van der Waals surface area contributed by atoms with Gasteiger partial charge in [0.1, 0.15) is 5.75 Å². The van der Waals surface area contributed by atoms with Gasteiger partial charge in [-0.05, 0) is 17.5 Å². The number of ether oxygens (including phenoxy) is 1. The lowest BCUT2D eigenvalue weighted by molar-refractivity contribution is -0.131. The summed E-state index contributed by atoms with van der Waals surface area (Å²) in [6, 6.07) is 6.03. The zero-order valence-corrected chi connectivity index (χ0v) is 10.9. The normalized spacial score (nSPS) is 11.6. The summed E-state index contributed by atoms with van der Waals surface area (Å²) in [4.78, 5) is 10.3. The van der Waals surface area contributed by atoms with Crippen molar-refractivity contribution in [1.29, 1.82) is 0 Å². The number of allylic oxidation sites excluding steroid dienone is 2. The molecule has 0 unspecified atom stereocenters. The van der Waals surface area contributed by atoms with Crippen molar-refractivity contribution in [2.75, 3.05) is 7.11 Å². The molecule has 0 heterocycles. The van der Waals surface area contributed by atoms with Crippen molar-refractivity contribution in [3.63, 3.8) is 0 Å². The van der Waals surface area contributed by atoms with E-state index in [9.17, 15) is 4.79 Å². The first kappa shape index (κ1) is 14.0. The van der Waals surface area contributed by atoms with Crippen LogP contribution in [0.15, 0.2) is 36.4 Å².